The number of carboxylic acids is 1. The number of carbonyl (C=O) groups excluding carboxylic acids is 2. The number of nitrogens with one attached hydrogen (secondary N) is 1. The number of halogens is 1. The van der Waals surface area contributed by atoms with Crippen molar-refractivity contribution in [2.45, 2.75) is 13.0 Å². The molecule has 3 rings (SSSR count). The number of aliphatic carboxylic acids is 1. The molecule has 0 aliphatic carbocycles. The molecule has 1 fully saturated rings. The van der Waals surface area contributed by atoms with Gasteiger partial charge in [0.1, 0.15) is 5.57 Å². The number of para-hydroxylation sites is 1. The van der Waals surface area contributed by atoms with E-state index in [4.69, 9.17) is 21.4 Å². The first kappa shape index (κ1) is 20.8. The molecule has 10 nitrogen and oxygen atoms in total. The largest absolute Gasteiger partial charge is 0.479 e. The van der Waals surface area contributed by atoms with E-state index in [9.17, 15) is 24.5 Å². The van der Waals surface area contributed by atoms with Gasteiger partial charge in [-0.05, 0) is 31.2 Å². The summed E-state index contributed by atoms with van der Waals surface area (Å²) in [7, 11) is 0. The number of hydrogen-bond donors (Lipinski definition) is 2. The molecular weight excluding hydrogens is 418 g/mol. The van der Waals surface area contributed by atoms with E-state index in [-0.39, 0.29) is 16.2 Å². The van der Waals surface area contributed by atoms with Crippen molar-refractivity contribution in [1.29, 1.82) is 0 Å². The molecule has 30 heavy (non-hydrogen) atoms. The summed E-state index contributed by atoms with van der Waals surface area (Å²) in [5.74, 6) is -3.23. The third-order valence-corrected chi connectivity index (χ3v) is 4.33. The van der Waals surface area contributed by atoms with E-state index in [1.807, 2.05) is 0 Å². The first-order valence-corrected chi connectivity index (χ1v) is 8.86. The second kappa shape index (κ2) is 8.21. The quantitative estimate of drug-likeness (QED) is 0.310. The van der Waals surface area contributed by atoms with E-state index in [1.165, 1.54) is 13.0 Å². The highest BCUT2D eigenvalue weighted by molar-refractivity contribution is 6.32. The maximum Gasteiger partial charge on any atom is 0.344 e. The van der Waals surface area contributed by atoms with Crippen molar-refractivity contribution in [2.75, 3.05) is 5.01 Å². The minimum absolute atomic E-state index is 0.0605. The summed E-state index contributed by atoms with van der Waals surface area (Å²) in [5.41, 5.74) is 1.78. The van der Waals surface area contributed by atoms with Crippen molar-refractivity contribution in [1.82, 2.24) is 5.43 Å². The highest BCUT2D eigenvalue weighted by atomic mass is 35.5. The summed E-state index contributed by atoms with van der Waals surface area (Å²) >= 11 is 5.95. The second-order valence-electron chi connectivity index (χ2n) is 6.17. The Morgan fingerprint density at radius 3 is 2.57 bits per heavy atom. The number of amides is 2. The number of hydrazine groups is 1. The molecule has 0 radical (unpaired) electrons. The normalized spacial score (nSPS) is 15.8. The first-order chi connectivity index (χ1) is 14.2. The summed E-state index contributed by atoms with van der Waals surface area (Å²) < 4.78 is 5.25. The fourth-order valence-corrected chi connectivity index (χ4v) is 2.89. The Morgan fingerprint density at radius 2 is 1.97 bits per heavy atom. The molecule has 1 saturated heterocycles. The Kier molecular flexibility index (Phi) is 5.70. The number of anilines is 1. The molecule has 2 amide bonds. The molecule has 1 heterocycles. The van der Waals surface area contributed by atoms with Crippen molar-refractivity contribution in [3.05, 3.63) is 68.7 Å². The van der Waals surface area contributed by atoms with E-state index in [0.717, 1.165) is 17.2 Å². The zero-order valence-electron chi connectivity index (χ0n) is 15.4. The van der Waals surface area contributed by atoms with Crippen molar-refractivity contribution >= 4 is 46.8 Å². The Balaban J connectivity index is 2.09. The Morgan fingerprint density at radius 1 is 1.30 bits per heavy atom. The lowest BCUT2D eigenvalue weighted by atomic mass is 10.1. The summed E-state index contributed by atoms with van der Waals surface area (Å²) in [5, 5.41) is 21.5. The van der Waals surface area contributed by atoms with E-state index in [1.54, 1.807) is 30.3 Å². The van der Waals surface area contributed by atoms with E-state index >= 15 is 0 Å². The third kappa shape index (κ3) is 4.08. The Hall–Kier alpha value is -3.92. The summed E-state index contributed by atoms with van der Waals surface area (Å²) in [6.07, 6.45) is -0.361. The van der Waals surface area contributed by atoms with Crippen LogP contribution in [0.3, 0.4) is 0 Å². The lowest BCUT2D eigenvalue weighted by Gasteiger charge is -2.14. The van der Waals surface area contributed by atoms with Crippen LogP contribution in [0.25, 0.3) is 6.08 Å². The van der Waals surface area contributed by atoms with Gasteiger partial charge in [-0.25, -0.2) is 9.80 Å². The van der Waals surface area contributed by atoms with Crippen LogP contribution in [0.2, 0.25) is 5.02 Å². The fraction of sp³-hybridized carbons (Fsp3) is 0.105. The van der Waals surface area contributed by atoms with Crippen LogP contribution in [-0.4, -0.2) is 33.9 Å². The molecule has 1 aliphatic rings. The third-order valence-electron chi connectivity index (χ3n) is 4.11. The van der Waals surface area contributed by atoms with Crippen LogP contribution in [0.1, 0.15) is 12.5 Å². The minimum atomic E-state index is -1.43. The topological polar surface area (TPSA) is 139 Å². The molecule has 1 atom stereocenters. The van der Waals surface area contributed by atoms with Crippen molar-refractivity contribution < 1.29 is 29.2 Å². The van der Waals surface area contributed by atoms with E-state index in [2.05, 4.69) is 5.43 Å². The van der Waals surface area contributed by atoms with Gasteiger partial charge in [-0.3, -0.25) is 25.1 Å². The van der Waals surface area contributed by atoms with Crippen LogP contribution < -0.4 is 15.2 Å². The SMILES string of the molecule is CC(Oc1c(C=C2C(=O)NN(c3ccccc3)C2=O)cc(Cl)cc1[N+](=O)[O-])C(=O)O. The molecule has 0 aromatic heterocycles. The van der Waals surface area contributed by atoms with Gasteiger partial charge in [0.05, 0.1) is 10.6 Å². The van der Waals surface area contributed by atoms with Crippen LogP contribution >= 0.6 is 11.6 Å². The molecule has 1 aliphatic heterocycles. The fourth-order valence-electron chi connectivity index (χ4n) is 2.67. The highest BCUT2D eigenvalue weighted by Gasteiger charge is 2.35. The first-order valence-electron chi connectivity index (χ1n) is 8.48. The summed E-state index contributed by atoms with van der Waals surface area (Å²) in [6.45, 7) is 1.18. The van der Waals surface area contributed by atoms with Gasteiger partial charge in [0, 0.05) is 16.7 Å². The van der Waals surface area contributed by atoms with Gasteiger partial charge in [0.25, 0.3) is 11.8 Å². The minimum Gasteiger partial charge on any atom is -0.479 e. The molecule has 2 aromatic rings. The van der Waals surface area contributed by atoms with Crippen molar-refractivity contribution in [3.8, 4) is 5.75 Å². The predicted molar refractivity (Wildman–Crippen MR) is 106 cm³/mol. The van der Waals surface area contributed by atoms with Crippen LogP contribution in [-0.2, 0) is 14.4 Å². The molecule has 0 spiro atoms. The number of nitrogens with zero attached hydrogens (tertiary/aromatic N) is 2. The predicted octanol–water partition coefficient (Wildman–Crippen LogP) is 2.56. The molecule has 11 heteroatoms. The lowest BCUT2D eigenvalue weighted by molar-refractivity contribution is -0.386. The maximum absolute atomic E-state index is 12.7. The lowest BCUT2D eigenvalue weighted by Crippen LogP contribution is -2.35. The van der Waals surface area contributed by atoms with Crippen molar-refractivity contribution in [3.63, 3.8) is 0 Å². The number of hydrogen-bond acceptors (Lipinski definition) is 6. The van der Waals surface area contributed by atoms with Gasteiger partial charge >= 0.3 is 11.7 Å². The van der Waals surface area contributed by atoms with Gasteiger partial charge in [-0.15, -0.1) is 0 Å². The Labute approximate surface area is 174 Å². The van der Waals surface area contributed by atoms with Crippen LogP contribution in [0.5, 0.6) is 5.75 Å². The number of ether oxygens (including phenoxy) is 1. The number of carbonyl (C=O) groups is 3. The number of carboxylic acid groups (broad SMARTS) is 1. The summed E-state index contributed by atoms with van der Waals surface area (Å²) in [6, 6.07) is 10.5. The molecule has 154 valence electrons. The zero-order chi connectivity index (χ0) is 22.0. The van der Waals surface area contributed by atoms with Crippen molar-refractivity contribution in [2.24, 2.45) is 0 Å². The average molecular weight is 432 g/mol. The van der Waals surface area contributed by atoms with Crippen LogP contribution in [0, 0.1) is 10.1 Å². The van der Waals surface area contributed by atoms with Crippen LogP contribution in [0.4, 0.5) is 11.4 Å². The highest BCUT2D eigenvalue weighted by Crippen LogP contribution is 2.37. The molecule has 2 N–H and O–H groups in total. The monoisotopic (exact) mass is 431 g/mol. The molecule has 2 aromatic carbocycles. The second-order valence-corrected chi connectivity index (χ2v) is 6.61. The van der Waals surface area contributed by atoms with Crippen LogP contribution in [0.15, 0.2) is 48.0 Å². The number of nitro benzene ring substituents is 1. The molecule has 1 unspecified atom stereocenters. The Bertz CT molecular complexity index is 1090. The van der Waals surface area contributed by atoms with Gasteiger partial charge in [0.2, 0.25) is 5.75 Å². The molecule has 0 saturated carbocycles. The standard InChI is InChI=1S/C19H14ClN3O7/c1-10(19(26)27)30-16-11(7-12(20)9-15(16)23(28)29)8-14-17(24)21-22(18(14)25)13-5-3-2-4-6-13/h2-10H,1H3,(H,21,24)(H,26,27). The average Bonchev–Trinajstić information content (AvgIpc) is 2.98. The van der Waals surface area contributed by atoms with E-state index < -0.39 is 40.2 Å². The molecule has 0 bridgehead atoms. The smallest absolute Gasteiger partial charge is 0.344 e. The van der Waals surface area contributed by atoms with Gasteiger partial charge < -0.3 is 9.84 Å². The van der Waals surface area contributed by atoms with Gasteiger partial charge in [-0.2, -0.15) is 0 Å². The summed E-state index contributed by atoms with van der Waals surface area (Å²) in [4.78, 5) is 46.9. The maximum atomic E-state index is 12.7. The molecular formula is C19H14ClN3O7. The van der Waals surface area contributed by atoms with E-state index in [0.29, 0.717) is 5.69 Å². The van der Waals surface area contributed by atoms with Gasteiger partial charge in [-0.1, -0.05) is 29.8 Å². The zero-order valence-corrected chi connectivity index (χ0v) is 16.1. The number of benzene rings is 2. The number of nitro groups is 1. The number of rotatable bonds is 6. The van der Waals surface area contributed by atoms with Gasteiger partial charge in [0.15, 0.2) is 6.10 Å².